The Hall–Kier alpha value is -2.86. The summed E-state index contributed by atoms with van der Waals surface area (Å²) in [6.45, 7) is 2.99. The summed E-state index contributed by atoms with van der Waals surface area (Å²) in [6.07, 6.45) is 4.54. The lowest BCUT2D eigenvalue weighted by molar-refractivity contribution is 0.352. The van der Waals surface area contributed by atoms with E-state index in [0.717, 1.165) is 60.6 Å². The van der Waals surface area contributed by atoms with Crippen LogP contribution in [0, 0.1) is 6.92 Å². The number of methoxy groups -OCH3 is 1. The van der Waals surface area contributed by atoms with Crippen LogP contribution < -0.4 is 20.3 Å². The third-order valence-corrected chi connectivity index (χ3v) is 6.12. The molecule has 4 rings (SSSR count). The molecule has 0 saturated heterocycles. The highest BCUT2D eigenvalue weighted by molar-refractivity contribution is 5.90. The SMILES string of the molecule is COc1ccc(CNC2CCC(Nc3nc(N(C)C)c4ccccc4n3)CC2)cc1C. The molecule has 0 amide bonds. The molecular formula is C25H33N5O. The highest BCUT2D eigenvalue weighted by atomic mass is 16.5. The van der Waals surface area contributed by atoms with Crippen LogP contribution in [0.2, 0.25) is 0 Å². The standard InChI is InChI=1S/C25H33N5O/c1-17-15-18(9-14-23(17)31-4)16-26-19-10-12-20(13-11-19)27-25-28-22-8-6-5-7-21(22)24(29-25)30(2)3/h5-9,14-15,19-20,26H,10-13,16H2,1-4H3,(H,27,28,29). The van der Waals surface area contributed by atoms with E-state index in [2.05, 4.69) is 52.8 Å². The molecule has 1 aromatic heterocycles. The average Bonchev–Trinajstić information content (AvgIpc) is 2.78. The molecule has 6 heteroatoms. The molecule has 6 nitrogen and oxygen atoms in total. The van der Waals surface area contributed by atoms with Gasteiger partial charge in [-0.05, 0) is 61.9 Å². The Bertz CT molecular complexity index is 1030. The zero-order valence-corrected chi connectivity index (χ0v) is 19.0. The maximum Gasteiger partial charge on any atom is 0.225 e. The smallest absolute Gasteiger partial charge is 0.225 e. The Morgan fingerprint density at radius 3 is 2.45 bits per heavy atom. The minimum Gasteiger partial charge on any atom is -0.496 e. The first-order chi connectivity index (χ1) is 15.0. The summed E-state index contributed by atoms with van der Waals surface area (Å²) in [5.41, 5.74) is 3.47. The molecule has 1 aliphatic carbocycles. The van der Waals surface area contributed by atoms with Gasteiger partial charge < -0.3 is 20.3 Å². The second-order valence-corrected chi connectivity index (χ2v) is 8.66. The van der Waals surface area contributed by atoms with Crippen molar-refractivity contribution in [3.63, 3.8) is 0 Å². The lowest BCUT2D eigenvalue weighted by atomic mass is 9.91. The molecule has 1 heterocycles. The molecule has 164 valence electrons. The molecule has 0 bridgehead atoms. The van der Waals surface area contributed by atoms with Crippen LogP contribution in [0.15, 0.2) is 42.5 Å². The molecule has 2 aromatic carbocycles. The number of ether oxygens (including phenoxy) is 1. The molecule has 0 aliphatic heterocycles. The van der Waals surface area contributed by atoms with Gasteiger partial charge in [-0.2, -0.15) is 4.98 Å². The summed E-state index contributed by atoms with van der Waals surface area (Å²) >= 11 is 0. The van der Waals surface area contributed by atoms with Crippen molar-refractivity contribution >= 4 is 22.7 Å². The van der Waals surface area contributed by atoms with Gasteiger partial charge in [-0.3, -0.25) is 0 Å². The van der Waals surface area contributed by atoms with Crippen LogP contribution >= 0.6 is 0 Å². The number of para-hydroxylation sites is 1. The topological polar surface area (TPSA) is 62.3 Å². The minimum absolute atomic E-state index is 0.414. The average molecular weight is 420 g/mol. The third kappa shape index (κ3) is 5.07. The van der Waals surface area contributed by atoms with E-state index in [0.29, 0.717) is 12.1 Å². The van der Waals surface area contributed by atoms with Gasteiger partial charge in [0.1, 0.15) is 11.6 Å². The van der Waals surface area contributed by atoms with Gasteiger partial charge in [0.05, 0.1) is 12.6 Å². The number of benzene rings is 2. The van der Waals surface area contributed by atoms with Crippen molar-refractivity contribution in [3.8, 4) is 5.75 Å². The first-order valence-corrected chi connectivity index (χ1v) is 11.1. The number of hydrogen-bond donors (Lipinski definition) is 2. The lowest BCUT2D eigenvalue weighted by Gasteiger charge is -2.30. The molecule has 0 radical (unpaired) electrons. The van der Waals surface area contributed by atoms with E-state index in [1.165, 1.54) is 11.1 Å². The predicted octanol–water partition coefficient (Wildman–Crippen LogP) is 4.53. The van der Waals surface area contributed by atoms with E-state index in [-0.39, 0.29) is 0 Å². The zero-order valence-electron chi connectivity index (χ0n) is 19.0. The Morgan fingerprint density at radius 2 is 1.74 bits per heavy atom. The minimum atomic E-state index is 0.414. The molecule has 31 heavy (non-hydrogen) atoms. The summed E-state index contributed by atoms with van der Waals surface area (Å²) in [6, 6.07) is 15.6. The van der Waals surface area contributed by atoms with Gasteiger partial charge in [-0.1, -0.05) is 24.3 Å². The Morgan fingerprint density at radius 1 is 1.00 bits per heavy atom. The number of rotatable bonds is 7. The maximum atomic E-state index is 5.36. The van der Waals surface area contributed by atoms with Crippen LogP contribution in [0.25, 0.3) is 10.9 Å². The fraction of sp³-hybridized carbons (Fsp3) is 0.440. The highest BCUT2D eigenvalue weighted by Crippen LogP contribution is 2.26. The lowest BCUT2D eigenvalue weighted by Crippen LogP contribution is -2.37. The van der Waals surface area contributed by atoms with E-state index < -0.39 is 0 Å². The van der Waals surface area contributed by atoms with Crippen LogP contribution in [-0.4, -0.2) is 43.3 Å². The Balaban J connectivity index is 1.33. The maximum absolute atomic E-state index is 5.36. The molecule has 0 atom stereocenters. The predicted molar refractivity (Wildman–Crippen MR) is 128 cm³/mol. The van der Waals surface area contributed by atoms with Gasteiger partial charge in [0.25, 0.3) is 0 Å². The second-order valence-electron chi connectivity index (χ2n) is 8.66. The van der Waals surface area contributed by atoms with E-state index in [1.54, 1.807) is 7.11 Å². The number of nitrogens with zero attached hydrogens (tertiary/aromatic N) is 3. The Labute approximate surface area is 185 Å². The molecule has 0 unspecified atom stereocenters. The molecule has 1 fully saturated rings. The Kier molecular flexibility index (Phi) is 6.56. The van der Waals surface area contributed by atoms with Crippen LogP contribution in [0.5, 0.6) is 5.75 Å². The van der Waals surface area contributed by atoms with Crippen molar-refractivity contribution in [3.05, 3.63) is 53.6 Å². The summed E-state index contributed by atoms with van der Waals surface area (Å²) in [4.78, 5) is 11.6. The summed E-state index contributed by atoms with van der Waals surface area (Å²) in [5.74, 6) is 2.63. The number of aromatic nitrogens is 2. The van der Waals surface area contributed by atoms with Crippen LogP contribution in [-0.2, 0) is 6.54 Å². The normalized spacial score (nSPS) is 18.7. The van der Waals surface area contributed by atoms with Gasteiger partial charge in [-0.15, -0.1) is 0 Å². The summed E-state index contributed by atoms with van der Waals surface area (Å²) < 4.78 is 5.36. The summed E-state index contributed by atoms with van der Waals surface area (Å²) in [5, 5.41) is 8.40. The van der Waals surface area contributed by atoms with Gasteiger partial charge in [0, 0.05) is 38.1 Å². The van der Waals surface area contributed by atoms with Crippen molar-refractivity contribution in [2.45, 2.75) is 51.2 Å². The van der Waals surface area contributed by atoms with Gasteiger partial charge in [-0.25, -0.2) is 4.98 Å². The number of anilines is 2. The zero-order chi connectivity index (χ0) is 21.8. The van der Waals surface area contributed by atoms with Gasteiger partial charge in [0.2, 0.25) is 5.95 Å². The van der Waals surface area contributed by atoms with E-state index >= 15 is 0 Å². The summed E-state index contributed by atoms with van der Waals surface area (Å²) in [7, 11) is 5.77. The monoisotopic (exact) mass is 419 g/mol. The fourth-order valence-corrected chi connectivity index (χ4v) is 4.40. The van der Waals surface area contributed by atoms with Crippen LogP contribution in [0.3, 0.4) is 0 Å². The van der Waals surface area contributed by atoms with Crippen LogP contribution in [0.1, 0.15) is 36.8 Å². The van der Waals surface area contributed by atoms with E-state index in [4.69, 9.17) is 14.7 Å². The second kappa shape index (κ2) is 9.52. The van der Waals surface area contributed by atoms with E-state index in [1.807, 2.05) is 26.2 Å². The van der Waals surface area contributed by atoms with E-state index in [9.17, 15) is 0 Å². The number of nitrogens with one attached hydrogen (secondary N) is 2. The van der Waals surface area contributed by atoms with Crippen molar-refractivity contribution < 1.29 is 4.74 Å². The molecular weight excluding hydrogens is 386 g/mol. The fourth-order valence-electron chi connectivity index (χ4n) is 4.40. The van der Waals surface area contributed by atoms with Gasteiger partial charge >= 0.3 is 0 Å². The highest BCUT2D eigenvalue weighted by Gasteiger charge is 2.22. The van der Waals surface area contributed by atoms with Gasteiger partial charge in [0.15, 0.2) is 0 Å². The number of hydrogen-bond acceptors (Lipinski definition) is 6. The quantitative estimate of drug-likeness (QED) is 0.587. The molecule has 2 N–H and O–H groups in total. The van der Waals surface area contributed by atoms with Crippen LogP contribution in [0.4, 0.5) is 11.8 Å². The van der Waals surface area contributed by atoms with Crippen molar-refractivity contribution in [1.29, 1.82) is 0 Å². The first kappa shape index (κ1) is 21.4. The van der Waals surface area contributed by atoms with Crippen molar-refractivity contribution in [2.75, 3.05) is 31.4 Å². The molecule has 1 aliphatic rings. The molecule has 3 aromatic rings. The number of fused-ring (bicyclic) bond motifs is 1. The first-order valence-electron chi connectivity index (χ1n) is 11.1. The molecule has 1 saturated carbocycles. The van der Waals surface area contributed by atoms with Crippen molar-refractivity contribution in [2.24, 2.45) is 0 Å². The molecule has 0 spiro atoms. The number of aryl methyl sites for hydroxylation is 1. The van der Waals surface area contributed by atoms with Crippen molar-refractivity contribution in [1.82, 2.24) is 15.3 Å². The largest absolute Gasteiger partial charge is 0.496 e. The third-order valence-electron chi connectivity index (χ3n) is 6.12.